The fourth-order valence-electron chi connectivity index (χ4n) is 11.6. The minimum absolute atomic E-state index is 0.241. The maximum Gasteiger partial charge on any atom is 0.201 e. The summed E-state index contributed by atoms with van der Waals surface area (Å²) in [5.74, 6) is 4.80. The van der Waals surface area contributed by atoms with E-state index in [0.29, 0.717) is 50.7 Å². The second-order valence-corrected chi connectivity index (χ2v) is 27.8. The molecule has 8 bridgehead atoms. The molecule has 0 saturated heterocycles. The Labute approximate surface area is 519 Å². The van der Waals surface area contributed by atoms with Crippen molar-refractivity contribution in [1.82, 2.24) is 19.9 Å². The average Bonchev–Trinajstić information content (AvgIpc) is 1.16. The molecule has 1 aliphatic rings. The first-order valence-electron chi connectivity index (χ1n) is 31.0. The van der Waals surface area contributed by atoms with E-state index in [4.69, 9.17) is 28.9 Å². The van der Waals surface area contributed by atoms with Gasteiger partial charge in [-0.05, 0) is 125 Å². The number of rotatable bonds is 16. The van der Waals surface area contributed by atoms with E-state index in [1.807, 2.05) is 84.9 Å². The van der Waals surface area contributed by atoms with Crippen LogP contribution in [0.2, 0.25) is 0 Å². The first-order valence-corrected chi connectivity index (χ1v) is 31.0. The number of phenolic OH excluding ortho intramolecular Hbond substituents is 2. The summed E-state index contributed by atoms with van der Waals surface area (Å²) < 4.78 is 27.3. The van der Waals surface area contributed by atoms with Crippen molar-refractivity contribution in [2.75, 3.05) is 37.1 Å². The number of phenols is 2. The molecule has 0 saturated carbocycles. The van der Waals surface area contributed by atoms with Crippen LogP contribution in [0.1, 0.15) is 161 Å². The standard InChI is InChI=1S/C76H86N6O6/c1-73(2,3)57-37-49-33-53-41-59(75(7,8)9)43-55(69(53)87-31-29-85-65-27-19-13-21-47(65)45-77-71-79-61-23-15-16-24-62(61)80-71)35-51-39-58(74(4,5)6)40-52(68(51)84)36-56-44-60(76(10,11)12)42-54(34-50(38-57)67(49)83)70(56)88-32-30-86-66-28-20-14-22-48(66)46-78-72-81-63-25-17-18-26-64(63)82-72/h13-28,37-44,83-84H,29-36,45-46H2,1-12H3,(H2,77,79,80)(H2,78,81,82). The van der Waals surface area contributed by atoms with Gasteiger partial charge in [-0.25, -0.2) is 9.97 Å². The summed E-state index contributed by atoms with van der Waals surface area (Å²) in [4.78, 5) is 16.2. The topological polar surface area (TPSA) is 159 Å². The van der Waals surface area contributed by atoms with E-state index in [1.54, 1.807) is 0 Å². The highest BCUT2D eigenvalue weighted by molar-refractivity contribution is 5.78. The molecule has 0 amide bonds. The number of aromatic amines is 2. The first kappa shape index (κ1) is 60.8. The molecule has 0 atom stereocenters. The minimum Gasteiger partial charge on any atom is -0.507 e. The van der Waals surface area contributed by atoms with Crippen LogP contribution < -0.4 is 29.6 Å². The van der Waals surface area contributed by atoms with Gasteiger partial charge in [0.25, 0.3) is 0 Å². The number of fused-ring (bicyclic) bond motifs is 10. The normalized spacial score (nSPS) is 13.0. The lowest BCUT2D eigenvalue weighted by Gasteiger charge is -2.28. The van der Waals surface area contributed by atoms with E-state index in [2.05, 4.69) is 164 Å². The Kier molecular flexibility index (Phi) is 17.1. The van der Waals surface area contributed by atoms with Crippen LogP contribution in [0.15, 0.2) is 146 Å². The van der Waals surface area contributed by atoms with Crippen molar-refractivity contribution >= 4 is 34.0 Å². The number of hydrogen-bond acceptors (Lipinski definition) is 10. The third kappa shape index (κ3) is 13.9. The summed E-state index contributed by atoms with van der Waals surface area (Å²) in [6, 6.07) is 49.8. The maximum absolute atomic E-state index is 13.0. The van der Waals surface area contributed by atoms with Crippen molar-refractivity contribution < 1.29 is 29.2 Å². The largest absolute Gasteiger partial charge is 0.507 e. The predicted molar refractivity (Wildman–Crippen MR) is 357 cm³/mol. The first-order chi connectivity index (χ1) is 41.9. The van der Waals surface area contributed by atoms with Gasteiger partial charge in [-0.3, -0.25) is 0 Å². The number of anilines is 2. The molecule has 12 nitrogen and oxygen atoms in total. The molecule has 0 unspecified atom stereocenters. The molecule has 11 rings (SSSR count). The van der Waals surface area contributed by atoms with Crippen LogP contribution in [0.25, 0.3) is 22.1 Å². The molecule has 88 heavy (non-hydrogen) atoms. The monoisotopic (exact) mass is 1180 g/mol. The molecule has 0 radical (unpaired) electrons. The van der Waals surface area contributed by atoms with Gasteiger partial charge in [-0.2, -0.15) is 0 Å². The highest BCUT2D eigenvalue weighted by atomic mass is 16.5. The second kappa shape index (κ2) is 24.7. The van der Waals surface area contributed by atoms with Crippen molar-refractivity contribution in [2.45, 2.75) is 144 Å². The number of benzene rings is 8. The number of aromatic hydroxyl groups is 2. The van der Waals surface area contributed by atoms with Crippen molar-refractivity contribution in [2.24, 2.45) is 0 Å². The molecular formula is C76H86N6O6. The molecule has 0 aliphatic heterocycles. The number of nitrogens with one attached hydrogen (secondary N) is 4. The van der Waals surface area contributed by atoms with Gasteiger partial charge in [0.05, 0.1) is 22.1 Å². The van der Waals surface area contributed by atoms with E-state index in [0.717, 1.165) is 123 Å². The van der Waals surface area contributed by atoms with Gasteiger partial charge in [-0.1, -0.05) is 192 Å². The Morgan fingerprint density at radius 2 is 0.659 bits per heavy atom. The molecule has 6 N–H and O–H groups in total. The number of para-hydroxylation sites is 6. The Balaban J connectivity index is 0.962. The Morgan fingerprint density at radius 3 is 0.977 bits per heavy atom. The third-order valence-corrected chi connectivity index (χ3v) is 16.8. The number of hydrogen-bond donors (Lipinski definition) is 6. The summed E-state index contributed by atoms with van der Waals surface area (Å²) in [6.07, 6.45) is 1.53. The van der Waals surface area contributed by atoms with Gasteiger partial charge < -0.3 is 49.8 Å². The summed E-state index contributed by atoms with van der Waals surface area (Å²) in [6.45, 7) is 28.8. The van der Waals surface area contributed by atoms with Crippen LogP contribution in [0.5, 0.6) is 34.5 Å². The molecule has 2 heterocycles. The zero-order valence-electron chi connectivity index (χ0n) is 53.3. The fraction of sp³-hybridized carbons (Fsp3) is 0.342. The molecule has 0 spiro atoms. The number of H-pyrrole nitrogens is 2. The highest BCUT2D eigenvalue weighted by Crippen LogP contribution is 2.44. The Morgan fingerprint density at radius 1 is 0.375 bits per heavy atom. The lowest BCUT2D eigenvalue weighted by atomic mass is 9.79. The zero-order chi connectivity index (χ0) is 62.1. The molecule has 10 aromatic rings. The summed E-state index contributed by atoms with van der Waals surface area (Å²) in [5, 5.41) is 32.8. The van der Waals surface area contributed by atoms with Gasteiger partial charge in [0.1, 0.15) is 60.9 Å². The average molecular weight is 1180 g/mol. The summed E-state index contributed by atoms with van der Waals surface area (Å²) in [5.41, 5.74) is 16.1. The van der Waals surface area contributed by atoms with Gasteiger partial charge >= 0.3 is 0 Å². The zero-order valence-corrected chi connectivity index (χ0v) is 53.3. The number of nitrogens with zero attached hydrogens (tertiary/aromatic N) is 2. The molecule has 0 fully saturated rings. The van der Waals surface area contributed by atoms with Crippen LogP contribution in [0.3, 0.4) is 0 Å². The van der Waals surface area contributed by atoms with Gasteiger partial charge in [-0.15, -0.1) is 0 Å². The van der Waals surface area contributed by atoms with Crippen LogP contribution in [-0.2, 0) is 60.4 Å². The van der Waals surface area contributed by atoms with Crippen molar-refractivity contribution in [3.05, 3.63) is 223 Å². The summed E-state index contributed by atoms with van der Waals surface area (Å²) >= 11 is 0. The maximum atomic E-state index is 13.0. The molecular weight excluding hydrogens is 1090 g/mol. The van der Waals surface area contributed by atoms with Crippen LogP contribution in [0.4, 0.5) is 11.9 Å². The predicted octanol–water partition coefficient (Wildman–Crippen LogP) is 16.9. The molecule has 12 heteroatoms. The van der Waals surface area contributed by atoms with E-state index < -0.39 is 0 Å². The molecule has 8 aromatic carbocycles. The quantitative estimate of drug-likeness (QED) is 0.0514. The Hall–Kier alpha value is -8.90. The molecule has 1 aliphatic carbocycles. The number of aromatic nitrogens is 4. The van der Waals surface area contributed by atoms with Gasteiger partial charge in [0.2, 0.25) is 11.9 Å². The molecule has 456 valence electrons. The number of ether oxygens (including phenoxy) is 4. The molecule has 2 aromatic heterocycles. The second-order valence-electron chi connectivity index (χ2n) is 27.8. The van der Waals surface area contributed by atoms with Crippen molar-refractivity contribution in [1.29, 1.82) is 0 Å². The van der Waals surface area contributed by atoms with Gasteiger partial charge in [0, 0.05) is 49.9 Å². The highest BCUT2D eigenvalue weighted by Gasteiger charge is 2.29. The van der Waals surface area contributed by atoms with E-state index in [-0.39, 0.29) is 59.6 Å². The van der Waals surface area contributed by atoms with Gasteiger partial charge in [0.15, 0.2) is 0 Å². The SMILES string of the molecule is CC(C)(C)c1cc2c(O)c(c1)Cc1cc(C(C)(C)C)cc(c1OCCOc1ccccc1CNc1nc3ccccc3[nH]1)Cc1cc(C(C)(C)C)cc(c1O)Cc1cc(C(C)(C)C)cc(c1OCCOc1ccccc1CNc1nc3ccccc3[nH]1)C2. The Bertz CT molecular complexity index is 3720. The van der Waals surface area contributed by atoms with E-state index in [9.17, 15) is 10.2 Å². The third-order valence-electron chi connectivity index (χ3n) is 16.8. The smallest absolute Gasteiger partial charge is 0.201 e. The van der Waals surface area contributed by atoms with Crippen molar-refractivity contribution in [3.63, 3.8) is 0 Å². The van der Waals surface area contributed by atoms with Crippen molar-refractivity contribution in [3.8, 4) is 34.5 Å². The minimum atomic E-state index is -0.261. The van der Waals surface area contributed by atoms with E-state index >= 15 is 0 Å². The number of imidazole rings is 2. The van der Waals surface area contributed by atoms with Crippen LogP contribution in [0, 0.1) is 0 Å². The fourth-order valence-corrected chi connectivity index (χ4v) is 11.6. The van der Waals surface area contributed by atoms with Crippen LogP contribution in [-0.4, -0.2) is 56.6 Å². The lowest BCUT2D eigenvalue weighted by molar-refractivity contribution is 0.213. The van der Waals surface area contributed by atoms with Crippen LogP contribution >= 0.6 is 0 Å². The van der Waals surface area contributed by atoms with E-state index in [1.165, 1.54) is 0 Å². The summed E-state index contributed by atoms with van der Waals surface area (Å²) in [7, 11) is 0. The lowest BCUT2D eigenvalue weighted by Crippen LogP contribution is -2.18.